The summed E-state index contributed by atoms with van der Waals surface area (Å²) in [5.41, 5.74) is 1.15. The number of hydrogen-bond donors (Lipinski definition) is 0. The Morgan fingerprint density at radius 2 is 1.94 bits per heavy atom. The van der Waals surface area contributed by atoms with E-state index in [1.54, 1.807) is 0 Å². The van der Waals surface area contributed by atoms with Gasteiger partial charge in [-0.3, -0.25) is 4.90 Å². The maximum absolute atomic E-state index is 5.85. The number of hydrogen-bond acceptors (Lipinski definition) is 2. The van der Waals surface area contributed by atoms with Crippen LogP contribution in [0.2, 0.25) is 0 Å². The molecule has 2 nitrogen and oxygen atoms in total. The molecule has 1 atom stereocenters. The van der Waals surface area contributed by atoms with Crippen LogP contribution in [-0.2, 0) is 11.3 Å². The molecule has 0 spiro atoms. The molecule has 1 rings (SSSR count). The number of alkyl halides is 2. The highest BCUT2D eigenvalue weighted by atomic mass is 35.5. The third-order valence-corrected chi connectivity index (χ3v) is 2.78. The van der Waals surface area contributed by atoms with Gasteiger partial charge in [-0.2, -0.15) is 0 Å². The predicted octanol–water partition coefficient (Wildman–Crippen LogP) is 2.94. The lowest BCUT2D eigenvalue weighted by Crippen LogP contribution is -2.36. The van der Waals surface area contributed by atoms with E-state index in [0.717, 1.165) is 12.1 Å². The van der Waals surface area contributed by atoms with Crippen molar-refractivity contribution in [2.24, 2.45) is 0 Å². The van der Waals surface area contributed by atoms with Crippen LogP contribution in [0.1, 0.15) is 5.56 Å². The van der Waals surface area contributed by atoms with E-state index in [1.807, 2.05) is 42.3 Å². The van der Waals surface area contributed by atoms with Gasteiger partial charge in [0, 0.05) is 12.4 Å². The quantitative estimate of drug-likeness (QED) is 0.553. The topological polar surface area (TPSA) is 12.5 Å². The van der Waals surface area contributed by atoms with Crippen LogP contribution in [0.25, 0.3) is 0 Å². The van der Waals surface area contributed by atoms with Crippen LogP contribution < -0.4 is 0 Å². The molecule has 0 aliphatic carbocycles. The Bertz CT molecular complexity index is 282. The van der Waals surface area contributed by atoms with Crippen LogP contribution in [0.3, 0.4) is 0 Å². The maximum atomic E-state index is 5.85. The van der Waals surface area contributed by atoms with Crippen LogP contribution in [0, 0.1) is 0 Å². The summed E-state index contributed by atoms with van der Waals surface area (Å²) in [7, 11) is 1.96. The monoisotopic (exact) mass is 261 g/mol. The Morgan fingerprint density at radius 3 is 2.50 bits per heavy atom. The van der Waals surface area contributed by atoms with E-state index in [9.17, 15) is 0 Å². The summed E-state index contributed by atoms with van der Waals surface area (Å²) in [6.07, 6.45) is -0.0828. The van der Waals surface area contributed by atoms with Crippen molar-refractivity contribution in [2.45, 2.75) is 12.8 Å². The average molecular weight is 262 g/mol. The molecule has 0 bridgehead atoms. The van der Waals surface area contributed by atoms with E-state index in [-0.39, 0.29) is 6.23 Å². The number of ether oxygens (including phenoxy) is 1. The lowest BCUT2D eigenvalue weighted by atomic mass is 10.2. The Hall–Kier alpha value is -0.280. The van der Waals surface area contributed by atoms with E-state index in [0.29, 0.717) is 18.4 Å². The molecule has 0 aliphatic heterocycles. The summed E-state index contributed by atoms with van der Waals surface area (Å²) in [6, 6.07) is 10.1. The lowest BCUT2D eigenvalue weighted by molar-refractivity contribution is -0.0394. The second-order valence-electron chi connectivity index (χ2n) is 3.58. The molecule has 90 valence electrons. The number of benzene rings is 1. The lowest BCUT2D eigenvalue weighted by Gasteiger charge is -2.25. The Balaban J connectivity index is 2.39. The second-order valence-corrected chi connectivity index (χ2v) is 4.26. The third kappa shape index (κ3) is 4.71. The van der Waals surface area contributed by atoms with Gasteiger partial charge >= 0.3 is 0 Å². The molecule has 0 saturated carbocycles. The summed E-state index contributed by atoms with van der Waals surface area (Å²) in [5.74, 6) is 1.03. The number of halogens is 2. The molecular weight excluding hydrogens is 245 g/mol. The molecule has 0 amide bonds. The van der Waals surface area contributed by atoms with Crippen LogP contribution in [0.4, 0.5) is 0 Å². The summed E-state index contributed by atoms with van der Waals surface area (Å²) >= 11 is 11.5. The van der Waals surface area contributed by atoms with Gasteiger partial charge < -0.3 is 4.74 Å². The molecule has 0 fully saturated rings. The van der Waals surface area contributed by atoms with Gasteiger partial charge in [-0.1, -0.05) is 30.3 Å². The van der Waals surface area contributed by atoms with Gasteiger partial charge in [0.15, 0.2) is 0 Å². The van der Waals surface area contributed by atoms with Gasteiger partial charge in [-0.05, 0) is 12.6 Å². The highest BCUT2D eigenvalue weighted by Crippen LogP contribution is 2.07. The summed E-state index contributed by atoms with van der Waals surface area (Å²) in [4.78, 5) is 2.02. The first kappa shape index (κ1) is 13.8. The number of nitrogens with zero attached hydrogens (tertiary/aromatic N) is 1. The molecule has 16 heavy (non-hydrogen) atoms. The van der Waals surface area contributed by atoms with Crippen molar-refractivity contribution in [1.82, 2.24) is 4.90 Å². The smallest absolute Gasteiger partial charge is 0.124 e. The van der Waals surface area contributed by atoms with E-state index < -0.39 is 0 Å². The van der Waals surface area contributed by atoms with Crippen molar-refractivity contribution in [2.75, 3.05) is 25.4 Å². The molecule has 1 aromatic carbocycles. The SMILES string of the molecule is CN(CCCl)C(CCl)OCc1ccccc1. The zero-order valence-corrected chi connectivity index (χ0v) is 10.9. The summed E-state index contributed by atoms with van der Waals surface area (Å²) in [6.45, 7) is 1.35. The van der Waals surface area contributed by atoms with Gasteiger partial charge in [-0.15, -0.1) is 23.2 Å². The molecule has 0 heterocycles. The average Bonchev–Trinajstić information content (AvgIpc) is 2.31. The van der Waals surface area contributed by atoms with Crippen molar-refractivity contribution in [3.8, 4) is 0 Å². The van der Waals surface area contributed by atoms with Crippen LogP contribution in [0.15, 0.2) is 30.3 Å². The summed E-state index contributed by atoms with van der Waals surface area (Å²) in [5, 5.41) is 0. The Labute approximate surface area is 107 Å². The summed E-state index contributed by atoms with van der Waals surface area (Å²) < 4.78 is 5.73. The van der Waals surface area contributed by atoms with Crippen molar-refractivity contribution >= 4 is 23.2 Å². The first-order valence-electron chi connectivity index (χ1n) is 5.25. The fourth-order valence-electron chi connectivity index (χ4n) is 1.33. The molecule has 1 unspecified atom stereocenters. The molecule has 0 aliphatic rings. The molecular formula is C12H17Cl2NO. The van der Waals surface area contributed by atoms with E-state index in [1.165, 1.54) is 0 Å². The van der Waals surface area contributed by atoms with Crippen LogP contribution in [0.5, 0.6) is 0 Å². The second kappa shape index (κ2) is 7.91. The minimum atomic E-state index is -0.0828. The Morgan fingerprint density at radius 1 is 1.25 bits per heavy atom. The van der Waals surface area contributed by atoms with Gasteiger partial charge in [0.2, 0.25) is 0 Å². The molecule has 1 aromatic rings. The zero-order valence-electron chi connectivity index (χ0n) is 9.40. The Kier molecular flexibility index (Phi) is 6.81. The zero-order chi connectivity index (χ0) is 11.8. The maximum Gasteiger partial charge on any atom is 0.124 e. The van der Waals surface area contributed by atoms with Gasteiger partial charge in [0.1, 0.15) is 6.23 Å². The molecule has 4 heteroatoms. The standard InChI is InChI=1S/C12H17Cl2NO/c1-15(8-7-13)12(9-14)16-10-11-5-3-2-4-6-11/h2-6,12H,7-10H2,1H3. The first-order chi connectivity index (χ1) is 7.77. The highest BCUT2D eigenvalue weighted by molar-refractivity contribution is 6.18. The molecule has 0 N–H and O–H groups in total. The molecule has 0 aromatic heterocycles. The van der Waals surface area contributed by atoms with Gasteiger partial charge in [0.05, 0.1) is 12.5 Å². The minimum Gasteiger partial charge on any atom is -0.357 e. The van der Waals surface area contributed by atoms with Crippen LogP contribution >= 0.6 is 23.2 Å². The van der Waals surface area contributed by atoms with Gasteiger partial charge in [0.25, 0.3) is 0 Å². The predicted molar refractivity (Wildman–Crippen MR) is 69.1 cm³/mol. The van der Waals surface area contributed by atoms with Crippen molar-refractivity contribution < 1.29 is 4.74 Å². The fraction of sp³-hybridized carbons (Fsp3) is 0.500. The fourth-order valence-corrected chi connectivity index (χ4v) is 1.92. The van der Waals surface area contributed by atoms with E-state index in [4.69, 9.17) is 27.9 Å². The molecule has 0 radical (unpaired) electrons. The number of rotatable bonds is 7. The normalized spacial score (nSPS) is 13.0. The third-order valence-electron chi connectivity index (χ3n) is 2.35. The van der Waals surface area contributed by atoms with E-state index in [2.05, 4.69) is 0 Å². The van der Waals surface area contributed by atoms with Crippen molar-refractivity contribution in [3.05, 3.63) is 35.9 Å². The van der Waals surface area contributed by atoms with E-state index >= 15 is 0 Å². The van der Waals surface area contributed by atoms with Crippen LogP contribution in [-0.4, -0.2) is 36.5 Å². The van der Waals surface area contributed by atoms with Crippen molar-refractivity contribution in [3.63, 3.8) is 0 Å². The van der Waals surface area contributed by atoms with Gasteiger partial charge in [-0.25, -0.2) is 0 Å². The minimum absolute atomic E-state index is 0.0828. The largest absolute Gasteiger partial charge is 0.357 e. The molecule has 0 saturated heterocycles. The first-order valence-corrected chi connectivity index (χ1v) is 6.32. The highest BCUT2D eigenvalue weighted by Gasteiger charge is 2.13. The van der Waals surface area contributed by atoms with Crippen molar-refractivity contribution in [1.29, 1.82) is 0 Å².